The molecule has 4 rings (SSSR count). The summed E-state index contributed by atoms with van der Waals surface area (Å²) in [5, 5.41) is 1.93. The zero-order chi connectivity index (χ0) is 15.6. The molecule has 4 aromatic rings. The molecule has 0 bridgehead atoms. The number of carbonyl (C=O) groups excluding carboxylic acids is 1. The van der Waals surface area contributed by atoms with Crippen molar-refractivity contribution in [3.05, 3.63) is 54.9 Å². The summed E-state index contributed by atoms with van der Waals surface area (Å²) in [5.74, 6) is 0.161. The minimum absolute atomic E-state index is 0.223. The first-order valence-electron chi connectivity index (χ1n) is 6.77. The molecule has 1 amide bonds. The summed E-state index contributed by atoms with van der Waals surface area (Å²) in [4.78, 5) is 29.2. The molecule has 3 heterocycles. The molecule has 0 aliphatic rings. The molecule has 8 heteroatoms. The fourth-order valence-electron chi connectivity index (χ4n) is 2.25. The number of rotatable bonds is 3. The van der Waals surface area contributed by atoms with Crippen molar-refractivity contribution in [1.82, 2.24) is 25.4 Å². The fraction of sp³-hybridized carbons (Fsp3) is 0. The Kier molecular flexibility index (Phi) is 3.28. The second-order valence-corrected chi connectivity index (χ2v) is 5.70. The van der Waals surface area contributed by atoms with Gasteiger partial charge >= 0.3 is 0 Å². The lowest BCUT2D eigenvalue weighted by atomic mass is 10.2. The fourth-order valence-corrected chi connectivity index (χ4v) is 3.29. The average Bonchev–Trinajstić information content (AvgIpc) is 2.99. The molecule has 2 N–H and O–H groups in total. The van der Waals surface area contributed by atoms with E-state index in [1.54, 1.807) is 11.3 Å². The van der Waals surface area contributed by atoms with Crippen LogP contribution in [0.4, 0.5) is 5.82 Å². The van der Waals surface area contributed by atoms with Gasteiger partial charge in [-0.3, -0.25) is 20.6 Å². The zero-order valence-electron chi connectivity index (χ0n) is 11.7. The van der Waals surface area contributed by atoms with E-state index >= 15 is 0 Å². The summed E-state index contributed by atoms with van der Waals surface area (Å²) in [6, 6.07) is 7.98. The van der Waals surface area contributed by atoms with Gasteiger partial charge in [-0.05, 0) is 6.07 Å². The first kappa shape index (κ1) is 13.5. The van der Waals surface area contributed by atoms with Crippen LogP contribution in [0.15, 0.2) is 49.2 Å². The van der Waals surface area contributed by atoms with E-state index in [2.05, 4.69) is 30.8 Å². The Morgan fingerprint density at radius 1 is 1.09 bits per heavy atom. The summed E-state index contributed by atoms with van der Waals surface area (Å²) in [5.41, 5.74) is 5.66. The lowest BCUT2D eigenvalue weighted by Gasteiger charge is -2.08. The van der Waals surface area contributed by atoms with E-state index in [1.165, 1.54) is 24.9 Å². The first-order valence-corrected chi connectivity index (χ1v) is 7.59. The number of hydrogen-bond acceptors (Lipinski definition) is 7. The maximum atomic E-state index is 12.0. The van der Waals surface area contributed by atoms with E-state index in [0.717, 1.165) is 20.3 Å². The van der Waals surface area contributed by atoms with Crippen LogP contribution in [-0.4, -0.2) is 25.8 Å². The van der Waals surface area contributed by atoms with Crippen LogP contribution in [0.2, 0.25) is 0 Å². The molecule has 0 aliphatic carbocycles. The molecule has 1 aromatic carbocycles. The molecule has 0 saturated heterocycles. The Morgan fingerprint density at radius 3 is 2.87 bits per heavy atom. The number of fused-ring (bicyclic) bond motifs is 3. The molecule has 0 fully saturated rings. The Bertz CT molecular complexity index is 1000. The van der Waals surface area contributed by atoms with E-state index in [4.69, 9.17) is 0 Å². The quantitative estimate of drug-likeness (QED) is 0.563. The maximum absolute atomic E-state index is 12.0. The van der Waals surface area contributed by atoms with Crippen molar-refractivity contribution < 1.29 is 4.79 Å². The molecule has 0 saturated carbocycles. The summed E-state index contributed by atoms with van der Waals surface area (Å²) in [7, 11) is 0. The van der Waals surface area contributed by atoms with Crippen LogP contribution in [0.5, 0.6) is 0 Å². The highest BCUT2D eigenvalue weighted by Crippen LogP contribution is 2.35. The smallest absolute Gasteiger partial charge is 0.281 e. The lowest BCUT2D eigenvalue weighted by molar-refractivity contribution is 0.0957. The summed E-state index contributed by atoms with van der Waals surface area (Å²) >= 11 is 1.58. The van der Waals surface area contributed by atoms with Gasteiger partial charge in [-0.25, -0.2) is 15.0 Å². The van der Waals surface area contributed by atoms with Gasteiger partial charge in [0.15, 0.2) is 5.82 Å². The third kappa shape index (κ3) is 2.44. The van der Waals surface area contributed by atoms with Crippen molar-refractivity contribution in [3.8, 4) is 0 Å². The molecule has 0 atom stereocenters. The van der Waals surface area contributed by atoms with Crippen LogP contribution in [0.3, 0.4) is 0 Å². The third-order valence-electron chi connectivity index (χ3n) is 3.27. The Hall–Kier alpha value is -3.13. The molecular formula is C15H10N6OS. The minimum atomic E-state index is -0.385. The normalized spacial score (nSPS) is 10.8. The second kappa shape index (κ2) is 5.58. The number of benzene rings is 1. The number of nitrogens with one attached hydrogen (secondary N) is 2. The Morgan fingerprint density at radius 2 is 2.00 bits per heavy atom. The molecule has 0 unspecified atom stereocenters. The van der Waals surface area contributed by atoms with Crippen molar-refractivity contribution in [2.75, 3.05) is 5.43 Å². The van der Waals surface area contributed by atoms with Crippen LogP contribution in [0.25, 0.3) is 20.3 Å². The van der Waals surface area contributed by atoms with E-state index < -0.39 is 0 Å². The zero-order valence-corrected chi connectivity index (χ0v) is 12.5. The van der Waals surface area contributed by atoms with Crippen molar-refractivity contribution in [2.45, 2.75) is 0 Å². The SMILES string of the molecule is O=C(NNc1ncnc2sc3ccccc3c12)c1cnccn1. The second-order valence-electron chi connectivity index (χ2n) is 4.67. The van der Waals surface area contributed by atoms with E-state index in [0.29, 0.717) is 5.82 Å². The highest BCUT2D eigenvalue weighted by atomic mass is 32.1. The molecule has 112 valence electrons. The summed E-state index contributed by atoms with van der Waals surface area (Å²) in [6.45, 7) is 0. The molecule has 3 aromatic heterocycles. The predicted molar refractivity (Wildman–Crippen MR) is 88.0 cm³/mol. The largest absolute Gasteiger partial charge is 0.289 e. The highest BCUT2D eigenvalue weighted by Gasteiger charge is 2.12. The monoisotopic (exact) mass is 322 g/mol. The topological polar surface area (TPSA) is 92.7 Å². The van der Waals surface area contributed by atoms with Gasteiger partial charge in [-0.15, -0.1) is 11.3 Å². The molecule has 0 radical (unpaired) electrons. The van der Waals surface area contributed by atoms with Crippen LogP contribution >= 0.6 is 11.3 Å². The minimum Gasteiger partial charge on any atom is -0.281 e. The molecule has 0 spiro atoms. The van der Waals surface area contributed by atoms with Crippen LogP contribution in [0, 0.1) is 0 Å². The van der Waals surface area contributed by atoms with Gasteiger partial charge in [0.25, 0.3) is 5.91 Å². The van der Waals surface area contributed by atoms with Gasteiger partial charge in [0.1, 0.15) is 16.9 Å². The number of aromatic nitrogens is 4. The third-order valence-corrected chi connectivity index (χ3v) is 4.34. The van der Waals surface area contributed by atoms with Crippen LogP contribution in [-0.2, 0) is 0 Å². The van der Waals surface area contributed by atoms with Gasteiger partial charge in [0.05, 0.1) is 11.6 Å². The van der Waals surface area contributed by atoms with E-state index in [-0.39, 0.29) is 11.6 Å². The maximum Gasteiger partial charge on any atom is 0.289 e. The van der Waals surface area contributed by atoms with Crippen LogP contribution < -0.4 is 10.9 Å². The lowest BCUT2D eigenvalue weighted by Crippen LogP contribution is -2.30. The number of carbonyl (C=O) groups is 1. The van der Waals surface area contributed by atoms with E-state index in [1.807, 2.05) is 24.3 Å². The van der Waals surface area contributed by atoms with Gasteiger partial charge in [-0.1, -0.05) is 18.2 Å². The molecule has 0 aliphatic heterocycles. The molecular weight excluding hydrogens is 312 g/mol. The van der Waals surface area contributed by atoms with Crippen molar-refractivity contribution in [1.29, 1.82) is 0 Å². The number of hydrogen-bond donors (Lipinski definition) is 2. The van der Waals surface area contributed by atoms with E-state index in [9.17, 15) is 4.79 Å². The number of hydrazine groups is 1. The van der Waals surface area contributed by atoms with Gasteiger partial charge < -0.3 is 0 Å². The first-order chi connectivity index (χ1) is 11.3. The number of thiophene rings is 1. The van der Waals surface area contributed by atoms with Crippen molar-refractivity contribution in [2.24, 2.45) is 0 Å². The highest BCUT2D eigenvalue weighted by molar-refractivity contribution is 7.25. The van der Waals surface area contributed by atoms with Gasteiger partial charge in [0, 0.05) is 22.5 Å². The number of amides is 1. The summed E-state index contributed by atoms with van der Waals surface area (Å²) < 4.78 is 1.12. The number of anilines is 1. The Balaban J connectivity index is 1.68. The van der Waals surface area contributed by atoms with Crippen molar-refractivity contribution >= 4 is 43.4 Å². The van der Waals surface area contributed by atoms with Crippen LogP contribution in [0.1, 0.15) is 10.5 Å². The van der Waals surface area contributed by atoms with Gasteiger partial charge in [0.2, 0.25) is 0 Å². The van der Waals surface area contributed by atoms with Crippen molar-refractivity contribution in [3.63, 3.8) is 0 Å². The molecule has 7 nitrogen and oxygen atoms in total. The number of nitrogens with zero attached hydrogens (tertiary/aromatic N) is 4. The average molecular weight is 322 g/mol. The Labute approximate surface area is 134 Å². The standard InChI is InChI=1S/C15H10N6OS/c22-14(10-7-16-5-6-17-10)21-20-13-12-9-3-1-2-4-11(9)23-15(12)19-8-18-13/h1-8H,(H,21,22)(H,18,19,20). The predicted octanol–water partition coefficient (Wildman–Crippen LogP) is 2.39. The summed E-state index contributed by atoms with van der Waals surface area (Å²) in [6.07, 6.45) is 5.83. The van der Waals surface area contributed by atoms with Gasteiger partial charge in [-0.2, -0.15) is 0 Å². The molecule has 23 heavy (non-hydrogen) atoms.